The quantitative estimate of drug-likeness (QED) is 0.535. The molecule has 1 nitrogen and oxygen atoms in total. The standard InChI is InChI=1S/C14H34OSi2/c1-9-11-12-16(5,6)14(4)15-17(7,8)13(3)10-2/h13-14H,9-12H2,1-8H3. The fourth-order valence-corrected chi connectivity index (χ4v) is 8.04. The molecule has 0 amide bonds. The Labute approximate surface area is 111 Å². The predicted molar refractivity (Wildman–Crippen MR) is 84.9 cm³/mol. The highest BCUT2D eigenvalue weighted by molar-refractivity contribution is 6.80. The average molecular weight is 275 g/mol. The van der Waals surface area contributed by atoms with Crippen LogP contribution in [0.15, 0.2) is 0 Å². The molecule has 0 saturated heterocycles. The second kappa shape index (κ2) is 7.10. The highest BCUT2D eigenvalue weighted by atomic mass is 28.4. The minimum Gasteiger partial charge on any atom is -0.418 e. The summed E-state index contributed by atoms with van der Waals surface area (Å²) in [5, 5.41) is 0. The van der Waals surface area contributed by atoms with Crippen LogP contribution in [-0.4, -0.2) is 22.1 Å². The van der Waals surface area contributed by atoms with Crippen molar-refractivity contribution in [2.75, 3.05) is 0 Å². The van der Waals surface area contributed by atoms with E-state index >= 15 is 0 Å². The van der Waals surface area contributed by atoms with Crippen molar-refractivity contribution >= 4 is 16.4 Å². The van der Waals surface area contributed by atoms with Crippen molar-refractivity contribution in [1.82, 2.24) is 0 Å². The first-order valence-electron chi connectivity index (χ1n) is 7.35. The Bertz CT molecular complexity index is 214. The molecule has 0 N–H and O–H groups in total. The molecule has 0 bridgehead atoms. The van der Waals surface area contributed by atoms with E-state index in [1.54, 1.807) is 0 Å². The summed E-state index contributed by atoms with van der Waals surface area (Å²) in [6, 6.07) is 1.41. The van der Waals surface area contributed by atoms with Crippen molar-refractivity contribution < 1.29 is 4.43 Å². The average Bonchev–Trinajstić information content (AvgIpc) is 2.24. The van der Waals surface area contributed by atoms with Crippen molar-refractivity contribution in [2.45, 2.75) is 90.5 Å². The van der Waals surface area contributed by atoms with Gasteiger partial charge in [-0.15, -0.1) is 0 Å². The summed E-state index contributed by atoms with van der Waals surface area (Å²) in [7, 11) is -2.67. The van der Waals surface area contributed by atoms with Crippen molar-refractivity contribution in [3.63, 3.8) is 0 Å². The topological polar surface area (TPSA) is 9.23 Å². The molecule has 3 heteroatoms. The smallest absolute Gasteiger partial charge is 0.189 e. The van der Waals surface area contributed by atoms with Crippen LogP contribution in [0.1, 0.15) is 47.0 Å². The Hall–Kier alpha value is 0.394. The first kappa shape index (κ1) is 17.4. The van der Waals surface area contributed by atoms with E-state index in [0.717, 1.165) is 5.54 Å². The van der Waals surface area contributed by atoms with Gasteiger partial charge in [0.05, 0.1) is 8.07 Å². The molecule has 0 saturated carbocycles. The molecule has 0 radical (unpaired) electrons. The van der Waals surface area contributed by atoms with Gasteiger partial charge in [-0.2, -0.15) is 0 Å². The molecule has 17 heavy (non-hydrogen) atoms. The first-order valence-corrected chi connectivity index (χ1v) is 13.6. The molecule has 0 aromatic heterocycles. The third-order valence-corrected chi connectivity index (χ3v) is 12.5. The second-order valence-corrected chi connectivity index (χ2v) is 16.5. The van der Waals surface area contributed by atoms with E-state index in [1.165, 1.54) is 25.3 Å². The molecule has 0 heterocycles. The molecule has 0 aromatic carbocycles. The summed E-state index contributed by atoms with van der Waals surface area (Å²) < 4.78 is 6.55. The molecule has 0 aromatic rings. The van der Waals surface area contributed by atoms with E-state index in [1.807, 2.05) is 0 Å². The fourth-order valence-electron chi connectivity index (χ4n) is 2.06. The lowest BCUT2D eigenvalue weighted by atomic mass is 10.4. The van der Waals surface area contributed by atoms with Crippen LogP contribution in [0, 0.1) is 0 Å². The van der Waals surface area contributed by atoms with Crippen LogP contribution in [0.4, 0.5) is 0 Å². The van der Waals surface area contributed by atoms with Gasteiger partial charge in [-0.05, 0) is 25.6 Å². The van der Waals surface area contributed by atoms with E-state index in [4.69, 9.17) is 4.43 Å². The number of hydrogen-bond donors (Lipinski definition) is 0. The summed E-state index contributed by atoms with van der Waals surface area (Å²) in [5.74, 6) is 0. The van der Waals surface area contributed by atoms with Gasteiger partial charge in [0.1, 0.15) is 0 Å². The van der Waals surface area contributed by atoms with E-state index in [-0.39, 0.29) is 0 Å². The highest BCUT2D eigenvalue weighted by Gasteiger charge is 2.36. The zero-order valence-electron chi connectivity index (χ0n) is 13.4. The minimum atomic E-state index is -1.48. The van der Waals surface area contributed by atoms with Crippen LogP contribution in [0.3, 0.4) is 0 Å². The van der Waals surface area contributed by atoms with Crippen molar-refractivity contribution in [3.05, 3.63) is 0 Å². The summed E-state index contributed by atoms with van der Waals surface area (Å²) >= 11 is 0. The number of rotatable bonds is 8. The third-order valence-electron chi connectivity index (χ3n) is 4.55. The SMILES string of the molecule is CCCC[Si](C)(C)C(C)O[Si](C)(C)C(C)CC. The van der Waals surface area contributed by atoms with E-state index in [2.05, 4.69) is 53.9 Å². The van der Waals surface area contributed by atoms with Gasteiger partial charge in [0.2, 0.25) is 0 Å². The van der Waals surface area contributed by atoms with Gasteiger partial charge in [-0.3, -0.25) is 0 Å². The second-order valence-electron chi connectivity index (χ2n) is 6.76. The predicted octanol–water partition coefficient (Wildman–Crippen LogP) is 5.44. The summed E-state index contributed by atoms with van der Waals surface area (Å²) in [6.45, 7) is 19.0. The largest absolute Gasteiger partial charge is 0.418 e. The summed E-state index contributed by atoms with van der Waals surface area (Å²) in [4.78, 5) is 0. The Morgan fingerprint density at radius 1 is 1.00 bits per heavy atom. The van der Waals surface area contributed by atoms with Crippen molar-refractivity contribution in [2.24, 2.45) is 0 Å². The van der Waals surface area contributed by atoms with Gasteiger partial charge in [-0.1, -0.05) is 59.2 Å². The van der Waals surface area contributed by atoms with Gasteiger partial charge in [-0.25, -0.2) is 0 Å². The maximum atomic E-state index is 6.55. The monoisotopic (exact) mass is 274 g/mol. The van der Waals surface area contributed by atoms with Gasteiger partial charge in [0.15, 0.2) is 8.32 Å². The third kappa shape index (κ3) is 5.71. The lowest BCUT2D eigenvalue weighted by molar-refractivity contribution is 0.269. The zero-order valence-corrected chi connectivity index (χ0v) is 15.4. The molecular formula is C14H34OSi2. The molecule has 2 unspecified atom stereocenters. The number of unbranched alkanes of at least 4 members (excludes halogenated alkanes) is 1. The molecule has 0 fully saturated rings. The molecular weight excluding hydrogens is 240 g/mol. The van der Waals surface area contributed by atoms with Gasteiger partial charge in [0.25, 0.3) is 0 Å². The van der Waals surface area contributed by atoms with Gasteiger partial charge in [0, 0.05) is 5.73 Å². The summed E-state index contributed by atoms with van der Waals surface area (Å²) in [6.07, 6.45) is 3.94. The van der Waals surface area contributed by atoms with Crippen LogP contribution in [0.2, 0.25) is 37.8 Å². The maximum Gasteiger partial charge on any atom is 0.189 e. The minimum absolute atomic E-state index is 0.518. The molecule has 0 rings (SSSR count). The molecule has 104 valence electrons. The van der Waals surface area contributed by atoms with Crippen LogP contribution in [0.5, 0.6) is 0 Å². The first-order chi connectivity index (χ1) is 7.67. The normalized spacial score (nSPS) is 16.9. The molecule has 0 aliphatic rings. The number of hydrogen-bond acceptors (Lipinski definition) is 1. The Morgan fingerprint density at radius 3 is 1.94 bits per heavy atom. The van der Waals surface area contributed by atoms with Crippen molar-refractivity contribution in [1.29, 1.82) is 0 Å². The molecule has 0 aliphatic heterocycles. The van der Waals surface area contributed by atoms with Crippen LogP contribution < -0.4 is 0 Å². The Morgan fingerprint density at radius 2 is 1.53 bits per heavy atom. The van der Waals surface area contributed by atoms with Crippen LogP contribution in [-0.2, 0) is 4.43 Å². The molecule has 2 atom stereocenters. The van der Waals surface area contributed by atoms with Gasteiger partial charge < -0.3 is 4.43 Å². The maximum absolute atomic E-state index is 6.55. The van der Waals surface area contributed by atoms with Gasteiger partial charge >= 0.3 is 0 Å². The fraction of sp³-hybridized carbons (Fsp3) is 1.00. The van der Waals surface area contributed by atoms with Crippen LogP contribution >= 0.6 is 0 Å². The van der Waals surface area contributed by atoms with Crippen LogP contribution in [0.25, 0.3) is 0 Å². The highest BCUT2D eigenvalue weighted by Crippen LogP contribution is 2.30. The zero-order chi connectivity index (χ0) is 13.7. The molecule has 0 aliphatic carbocycles. The Balaban J connectivity index is 4.45. The Kier molecular flexibility index (Phi) is 7.26. The molecule has 0 spiro atoms. The summed E-state index contributed by atoms with van der Waals surface area (Å²) in [5.41, 5.74) is 1.28. The van der Waals surface area contributed by atoms with E-state index in [9.17, 15) is 0 Å². The lowest BCUT2D eigenvalue weighted by Crippen LogP contribution is -2.49. The van der Waals surface area contributed by atoms with E-state index in [0.29, 0.717) is 5.73 Å². The lowest BCUT2D eigenvalue weighted by Gasteiger charge is -2.38. The van der Waals surface area contributed by atoms with Crippen molar-refractivity contribution in [3.8, 4) is 0 Å². The van der Waals surface area contributed by atoms with E-state index < -0.39 is 16.4 Å².